The van der Waals surface area contributed by atoms with Crippen molar-refractivity contribution in [3.8, 4) is 5.75 Å². The summed E-state index contributed by atoms with van der Waals surface area (Å²) in [6.45, 7) is 6.37. The van der Waals surface area contributed by atoms with Crippen LogP contribution in [0.4, 0.5) is 0 Å². The molecule has 5 heteroatoms. The molecule has 0 unspecified atom stereocenters. The van der Waals surface area contributed by atoms with Gasteiger partial charge in [-0.05, 0) is 44.0 Å². The van der Waals surface area contributed by atoms with Crippen molar-refractivity contribution >= 4 is 11.8 Å². The van der Waals surface area contributed by atoms with E-state index in [2.05, 4.69) is 10.9 Å². The molecule has 0 atom stereocenters. The molecule has 0 fully saturated rings. The van der Waals surface area contributed by atoms with E-state index in [1.54, 1.807) is 24.3 Å². The van der Waals surface area contributed by atoms with Crippen molar-refractivity contribution in [3.05, 3.63) is 29.8 Å². The minimum atomic E-state index is -0.340. The van der Waals surface area contributed by atoms with Crippen LogP contribution < -0.4 is 15.6 Å². The highest BCUT2D eigenvalue weighted by Gasteiger charge is 2.14. The highest BCUT2D eigenvalue weighted by Crippen LogP contribution is 2.12. The van der Waals surface area contributed by atoms with Gasteiger partial charge < -0.3 is 4.74 Å². The predicted molar refractivity (Wildman–Crippen MR) is 77.3 cm³/mol. The third-order valence-electron chi connectivity index (χ3n) is 3.08. The Morgan fingerprint density at radius 3 is 2.15 bits per heavy atom. The zero-order valence-electron chi connectivity index (χ0n) is 12.2. The van der Waals surface area contributed by atoms with Gasteiger partial charge in [0, 0.05) is 11.5 Å². The number of hydrazine groups is 1. The van der Waals surface area contributed by atoms with Gasteiger partial charge in [-0.15, -0.1) is 0 Å². The van der Waals surface area contributed by atoms with Gasteiger partial charge >= 0.3 is 0 Å². The van der Waals surface area contributed by atoms with Gasteiger partial charge in [-0.3, -0.25) is 20.4 Å². The van der Waals surface area contributed by atoms with Crippen LogP contribution in [0.3, 0.4) is 0 Å². The Balaban J connectivity index is 2.52. The molecule has 1 rings (SSSR count). The molecule has 2 N–H and O–H groups in total. The fourth-order valence-corrected chi connectivity index (χ4v) is 1.82. The van der Waals surface area contributed by atoms with E-state index in [4.69, 9.17) is 4.74 Å². The number of ether oxygens (including phenoxy) is 1. The lowest BCUT2D eigenvalue weighted by Crippen LogP contribution is -2.44. The third kappa shape index (κ3) is 4.57. The molecule has 5 nitrogen and oxygen atoms in total. The number of hydrogen-bond acceptors (Lipinski definition) is 3. The van der Waals surface area contributed by atoms with Gasteiger partial charge in [0.05, 0.1) is 6.61 Å². The van der Waals surface area contributed by atoms with Crippen LogP contribution in [0.2, 0.25) is 0 Å². The number of carbonyl (C=O) groups is 2. The molecule has 0 bridgehead atoms. The molecular weight excluding hydrogens is 256 g/mol. The number of benzene rings is 1. The average Bonchev–Trinajstić information content (AvgIpc) is 2.47. The van der Waals surface area contributed by atoms with Crippen molar-refractivity contribution in [2.45, 2.75) is 33.6 Å². The summed E-state index contributed by atoms with van der Waals surface area (Å²) in [5.74, 6) is 0.141. The molecule has 1 aromatic carbocycles. The summed E-state index contributed by atoms with van der Waals surface area (Å²) in [6, 6.07) is 6.76. The molecule has 0 radical (unpaired) electrons. The molecule has 0 saturated carbocycles. The second kappa shape index (κ2) is 8.19. The van der Waals surface area contributed by atoms with Crippen molar-refractivity contribution < 1.29 is 14.3 Å². The second-order valence-corrected chi connectivity index (χ2v) is 4.41. The quantitative estimate of drug-likeness (QED) is 0.784. The first-order valence-electron chi connectivity index (χ1n) is 6.95. The summed E-state index contributed by atoms with van der Waals surface area (Å²) in [4.78, 5) is 23.6. The molecule has 1 aromatic rings. The number of amides is 2. The summed E-state index contributed by atoms with van der Waals surface area (Å²) in [5, 5.41) is 0. The lowest BCUT2D eigenvalue weighted by Gasteiger charge is -2.13. The SMILES string of the molecule is CCOc1ccc(C(=O)NNC(=O)C(CC)CC)cc1. The maximum atomic E-state index is 11.9. The van der Waals surface area contributed by atoms with Crippen LogP contribution in [-0.2, 0) is 4.79 Å². The molecule has 110 valence electrons. The van der Waals surface area contributed by atoms with Gasteiger partial charge in [0.15, 0.2) is 0 Å². The van der Waals surface area contributed by atoms with E-state index in [0.717, 1.165) is 12.8 Å². The van der Waals surface area contributed by atoms with Gasteiger partial charge in [-0.1, -0.05) is 13.8 Å². The van der Waals surface area contributed by atoms with Crippen molar-refractivity contribution in [3.63, 3.8) is 0 Å². The van der Waals surface area contributed by atoms with E-state index < -0.39 is 0 Å². The smallest absolute Gasteiger partial charge is 0.269 e. The van der Waals surface area contributed by atoms with E-state index in [9.17, 15) is 9.59 Å². The summed E-state index contributed by atoms with van der Waals surface area (Å²) < 4.78 is 5.30. The monoisotopic (exact) mass is 278 g/mol. The van der Waals surface area contributed by atoms with Gasteiger partial charge in [0.2, 0.25) is 5.91 Å². The average molecular weight is 278 g/mol. The molecule has 0 aromatic heterocycles. The number of carbonyl (C=O) groups excluding carboxylic acids is 2. The number of nitrogens with one attached hydrogen (secondary N) is 2. The maximum absolute atomic E-state index is 11.9. The molecule has 0 saturated heterocycles. The van der Waals surface area contributed by atoms with Crippen molar-refractivity contribution in [2.75, 3.05) is 6.61 Å². The Morgan fingerprint density at radius 2 is 1.65 bits per heavy atom. The van der Waals surface area contributed by atoms with Crippen molar-refractivity contribution in [1.82, 2.24) is 10.9 Å². The van der Waals surface area contributed by atoms with Crippen LogP contribution in [-0.4, -0.2) is 18.4 Å². The van der Waals surface area contributed by atoms with Gasteiger partial charge in [0.25, 0.3) is 5.91 Å². The number of rotatable bonds is 6. The Bertz CT molecular complexity index is 439. The molecule has 0 aliphatic heterocycles. The summed E-state index contributed by atoms with van der Waals surface area (Å²) in [5.41, 5.74) is 5.34. The summed E-state index contributed by atoms with van der Waals surface area (Å²) >= 11 is 0. The molecule has 0 aliphatic rings. The Labute approximate surface area is 119 Å². The van der Waals surface area contributed by atoms with E-state index in [-0.39, 0.29) is 17.7 Å². The minimum absolute atomic E-state index is 0.0735. The van der Waals surface area contributed by atoms with E-state index in [0.29, 0.717) is 17.9 Å². The van der Waals surface area contributed by atoms with E-state index in [1.165, 1.54) is 0 Å². The Morgan fingerprint density at radius 1 is 1.05 bits per heavy atom. The standard InChI is InChI=1S/C15H22N2O3/c1-4-11(5-2)14(18)16-17-15(19)12-7-9-13(10-8-12)20-6-3/h7-11H,4-6H2,1-3H3,(H,16,18)(H,17,19). The lowest BCUT2D eigenvalue weighted by atomic mass is 10.0. The van der Waals surface area contributed by atoms with Crippen LogP contribution in [0.15, 0.2) is 24.3 Å². The molecular formula is C15H22N2O3. The largest absolute Gasteiger partial charge is 0.494 e. The van der Waals surface area contributed by atoms with Crippen molar-refractivity contribution in [1.29, 1.82) is 0 Å². The van der Waals surface area contributed by atoms with Crippen LogP contribution in [0, 0.1) is 5.92 Å². The van der Waals surface area contributed by atoms with Gasteiger partial charge in [-0.25, -0.2) is 0 Å². The first-order valence-corrected chi connectivity index (χ1v) is 6.95. The summed E-state index contributed by atoms with van der Waals surface area (Å²) in [6.07, 6.45) is 1.50. The zero-order valence-corrected chi connectivity index (χ0v) is 12.2. The first kappa shape index (κ1) is 16.0. The van der Waals surface area contributed by atoms with E-state index in [1.807, 2.05) is 20.8 Å². The van der Waals surface area contributed by atoms with Crippen LogP contribution in [0.5, 0.6) is 5.75 Å². The predicted octanol–water partition coefficient (Wildman–Crippen LogP) is 2.28. The topological polar surface area (TPSA) is 67.4 Å². The fraction of sp³-hybridized carbons (Fsp3) is 0.467. The third-order valence-corrected chi connectivity index (χ3v) is 3.08. The zero-order chi connectivity index (χ0) is 15.0. The first-order chi connectivity index (χ1) is 9.62. The minimum Gasteiger partial charge on any atom is -0.494 e. The fourth-order valence-electron chi connectivity index (χ4n) is 1.82. The van der Waals surface area contributed by atoms with Crippen LogP contribution >= 0.6 is 0 Å². The van der Waals surface area contributed by atoms with Crippen LogP contribution in [0.1, 0.15) is 44.0 Å². The molecule has 0 heterocycles. The molecule has 0 aliphatic carbocycles. The number of hydrogen-bond donors (Lipinski definition) is 2. The molecule has 2 amide bonds. The normalized spacial score (nSPS) is 10.2. The molecule has 0 spiro atoms. The Hall–Kier alpha value is -2.04. The Kier molecular flexibility index (Phi) is 6.56. The second-order valence-electron chi connectivity index (χ2n) is 4.41. The highest BCUT2D eigenvalue weighted by atomic mass is 16.5. The van der Waals surface area contributed by atoms with Crippen molar-refractivity contribution in [2.24, 2.45) is 5.92 Å². The molecule has 20 heavy (non-hydrogen) atoms. The van der Waals surface area contributed by atoms with Gasteiger partial charge in [0.1, 0.15) is 5.75 Å². The maximum Gasteiger partial charge on any atom is 0.269 e. The van der Waals surface area contributed by atoms with Crippen LogP contribution in [0.25, 0.3) is 0 Å². The summed E-state index contributed by atoms with van der Waals surface area (Å²) in [7, 11) is 0. The lowest BCUT2D eigenvalue weighted by molar-refractivity contribution is -0.125. The van der Waals surface area contributed by atoms with E-state index >= 15 is 0 Å². The highest BCUT2D eigenvalue weighted by molar-refractivity contribution is 5.95. The van der Waals surface area contributed by atoms with Gasteiger partial charge in [-0.2, -0.15) is 0 Å².